The lowest BCUT2D eigenvalue weighted by Gasteiger charge is -2.28. The van der Waals surface area contributed by atoms with Crippen molar-refractivity contribution in [1.82, 2.24) is 15.3 Å². The first-order valence-electron chi connectivity index (χ1n) is 10.3. The molecule has 30 heavy (non-hydrogen) atoms. The van der Waals surface area contributed by atoms with E-state index in [1.54, 1.807) is 0 Å². The molecule has 1 fully saturated rings. The summed E-state index contributed by atoms with van der Waals surface area (Å²) < 4.78 is 11.1. The first-order chi connectivity index (χ1) is 14.7. The zero-order valence-electron chi connectivity index (χ0n) is 17.4. The highest BCUT2D eigenvalue weighted by Gasteiger charge is 2.18. The van der Waals surface area contributed by atoms with Gasteiger partial charge >= 0.3 is 0 Å². The first kappa shape index (κ1) is 20.1. The summed E-state index contributed by atoms with van der Waals surface area (Å²) in [6, 6.07) is 13.6. The largest absolute Gasteiger partial charge is 0.493 e. The van der Waals surface area contributed by atoms with Gasteiger partial charge in [-0.3, -0.25) is 4.79 Å². The standard InChI is InChI=1S/C23H26N4O3/c1-3-30-19-9-8-17-6-4-5-7-18(17)22(19)23(28)24-15-20-25-16(2)14-21(26-20)27-10-12-29-13-11-27/h4-9,14H,3,10-13,15H2,1-2H3,(H,24,28). The van der Waals surface area contributed by atoms with Crippen LogP contribution in [-0.2, 0) is 11.3 Å². The molecule has 0 bridgehead atoms. The minimum absolute atomic E-state index is 0.201. The second-order valence-electron chi connectivity index (χ2n) is 7.16. The first-order valence-corrected chi connectivity index (χ1v) is 10.3. The van der Waals surface area contributed by atoms with Crippen LogP contribution >= 0.6 is 0 Å². The minimum atomic E-state index is -0.201. The number of amides is 1. The van der Waals surface area contributed by atoms with Crippen LogP contribution in [0.3, 0.4) is 0 Å². The van der Waals surface area contributed by atoms with Gasteiger partial charge in [-0.25, -0.2) is 9.97 Å². The summed E-state index contributed by atoms with van der Waals surface area (Å²) >= 11 is 0. The molecule has 0 radical (unpaired) electrons. The van der Waals surface area contributed by atoms with E-state index >= 15 is 0 Å². The molecule has 7 heteroatoms. The van der Waals surface area contributed by atoms with Crippen LogP contribution in [0.4, 0.5) is 5.82 Å². The predicted molar refractivity (Wildman–Crippen MR) is 116 cm³/mol. The van der Waals surface area contributed by atoms with Crippen molar-refractivity contribution in [3.8, 4) is 5.75 Å². The van der Waals surface area contributed by atoms with Crippen LogP contribution in [0.25, 0.3) is 10.8 Å². The van der Waals surface area contributed by atoms with Gasteiger partial charge in [-0.05, 0) is 30.7 Å². The molecule has 156 valence electrons. The SMILES string of the molecule is CCOc1ccc2ccccc2c1C(=O)NCc1nc(C)cc(N2CCOCC2)n1. The number of morpholine rings is 1. The van der Waals surface area contributed by atoms with Crippen molar-refractivity contribution in [3.63, 3.8) is 0 Å². The molecule has 7 nitrogen and oxygen atoms in total. The maximum Gasteiger partial charge on any atom is 0.256 e. The Hall–Kier alpha value is -3.19. The molecule has 2 heterocycles. The molecule has 4 rings (SSSR count). The van der Waals surface area contributed by atoms with Crippen molar-refractivity contribution in [1.29, 1.82) is 0 Å². The van der Waals surface area contributed by atoms with Gasteiger partial charge in [0.1, 0.15) is 17.4 Å². The number of aryl methyl sites for hydroxylation is 1. The Morgan fingerprint density at radius 2 is 1.97 bits per heavy atom. The van der Waals surface area contributed by atoms with E-state index in [9.17, 15) is 4.79 Å². The van der Waals surface area contributed by atoms with Gasteiger partial charge in [0.15, 0.2) is 0 Å². The van der Waals surface area contributed by atoms with Gasteiger partial charge in [0.05, 0.1) is 31.9 Å². The number of benzene rings is 2. The second-order valence-corrected chi connectivity index (χ2v) is 7.16. The number of hydrogen-bond donors (Lipinski definition) is 1. The van der Waals surface area contributed by atoms with Gasteiger partial charge in [0, 0.05) is 24.8 Å². The fourth-order valence-electron chi connectivity index (χ4n) is 3.65. The predicted octanol–water partition coefficient (Wildman–Crippen LogP) is 3.10. The van der Waals surface area contributed by atoms with Crippen molar-refractivity contribution >= 4 is 22.5 Å². The summed E-state index contributed by atoms with van der Waals surface area (Å²) in [6.45, 7) is 7.56. The molecule has 0 unspecified atom stereocenters. The zero-order valence-corrected chi connectivity index (χ0v) is 17.4. The topological polar surface area (TPSA) is 76.6 Å². The number of carbonyl (C=O) groups excluding carboxylic acids is 1. The second kappa shape index (κ2) is 9.09. The third-order valence-corrected chi connectivity index (χ3v) is 5.05. The van der Waals surface area contributed by atoms with E-state index in [0.29, 0.717) is 37.0 Å². The third-order valence-electron chi connectivity index (χ3n) is 5.05. The molecule has 1 N–H and O–H groups in total. The highest BCUT2D eigenvalue weighted by Crippen LogP contribution is 2.28. The molecular formula is C23H26N4O3. The average Bonchev–Trinajstić information content (AvgIpc) is 2.78. The lowest BCUT2D eigenvalue weighted by Crippen LogP contribution is -2.37. The number of fused-ring (bicyclic) bond motifs is 1. The van der Waals surface area contributed by atoms with Gasteiger partial charge in [-0.15, -0.1) is 0 Å². The van der Waals surface area contributed by atoms with Gasteiger partial charge in [-0.1, -0.05) is 30.3 Å². The normalized spacial score (nSPS) is 14.0. The number of rotatable bonds is 6. The molecule has 1 saturated heterocycles. The highest BCUT2D eigenvalue weighted by molar-refractivity contribution is 6.09. The lowest BCUT2D eigenvalue weighted by atomic mass is 10.0. The number of carbonyl (C=O) groups is 1. The van der Waals surface area contributed by atoms with Crippen LogP contribution in [0.1, 0.15) is 28.8 Å². The maximum atomic E-state index is 13.1. The van der Waals surface area contributed by atoms with E-state index in [2.05, 4.69) is 20.2 Å². The summed E-state index contributed by atoms with van der Waals surface area (Å²) in [4.78, 5) is 24.5. The van der Waals surface area contributed by atoms with Crippen molar-refractivity contribution in [3.05, 3.63) is 59.5 Å². The van der Waals surface area contributed by atoms with E-state index in [0.717, 1.165) is 35.4 Å². The van der Waals surface area contributed by atoms with Gasteiger partial charge in [0.2, 0.25) is 0 Å². The number of nitrogens with one attached hydrogen (secondary N) is 1. The van der Waals surface area contributed by atoms with E-state index < -0.39 is 0 Å². The van der Waals surface area contributed by atoms with Crippen LogP contribution in [0.2, 0.25) is 0 Å². The molecule has 1 amide bonds. The molecule has 2 aromatic carbocycles. The van der Waals surface area contributed by atoms with Crippen LogP contribution in [0.15, 0.2) is 42.5 Å². The monoisotopic (exact) mass is 406 g/mol. The average molecular weight is 406 g/mol. The maximum absolute atomic E-state index is 13.1. The van der Waals surface area contributed by atoms with Gasteiger partial charge in [0.25, 0.3) is 5.91 Å². The molecule has 0 spiro atoms. The Morgan fingerprint density at radius 1 is 1.17 bits per heavy atom. The van der Waals surface area contributed by atoms with E-state index in [1.165, 1.54) is 0 Å². The summed E-state index contributed by atoms with van der Waals surface area (Å²) in [7, 11) is 0. The number of aromatic nitrogens is 2. The molecule has 1 aliphatic rings. The Morgan fingerprint density at radius 3 is 2.77 bits per heavy atom. The molecule has 0 aliphatic carbocycles. The summed E-state index contributed by atoms with van der Waals surface area (Å²) in [5.74, 6) is 1.83. The number of nitrogens with zero attached hydrogens (tertiary/aromatic N) is 3. The fraction of sp³-hybridized carbons (Fsp3) is 0.348. The van der Waals surface area contributed by atoms with Crippen LogP contribution in [0.5, 0.6) is 5.75 Å². The molecule has 1 aromatic heterocycles. The Kier molecular flexibility index (Phi) is 6.09. The number of ether oxygens (including phenoxy) is 2. The van der Waals surface area contributed by atoms with E-state index in [1.807, 2.05) is 56.3 Å². The number of anilines is 1. The molecule has 0 saturated carbocycles. The van der Waals surface area contributed by atoms with Crippen molar-refractivity contribution < 1.29 is 14.3 Å². The van der Waals surface area contributed by atoms with Crippen molar-refractivity contribution in [2.24, 2.45) is 0 Å². The van der Waals surface area contributed by atoms with Gasteiger partial charge < -0.3 is 19.7 Å². The Labute approximate surface area is 176 Å². The zero-order chi connectivity index (χ0) is 20.9. The van der Waals surface area contributed by atoms with Crippen LogP contribution < -0.4 is 15.0 Å². The summed E-state index contributed by atoms with van der Waals surface area (Å²) in [5.41, 5.74) is 1.41. The molecule has 1 aliphatic heterocycles. The highest BCUT2D eigenvalue weighted by atomic mass is 16.5. The number of hydrogen-bond acceptors (Lipinski definition) is 6. The van der Waals surface area contributed by atoms with E-state index in [4.69, 9.17) is 9.47 Å². The van der Waals surface area contributed by atoms with Crippen molar-refractivity contribution in [2.45, 2.75) is 20.4 Å². The minimum Gasteiger partial charge on any atom is -0.493 e. The third kappa shape index (κ3) is 4.36. The van der Waals surface area contributed by atoms with Gasteiger partial charge in [-0.2, -0.15) is 0 Å². The summed E-state index contributed by atoms with van der Waals surface area (Å²) in [5, 5.41) is 4.83. The molecule has 0 atom stereocenters. The Bertz CT molecular complexity index is 1050. The van der Waals surface area contributed by atoms with Crippen LogP contribution in [-0.4, -0.2) is 48.8 Å². The van der Waals surface area contributed by atoms with Crippen molar-refractivity contribution in [2.75, 3.05) is 37.8 Å². The fourth-order valence-corrected chi connectivity index (χ4v) is 3.65. The molecule has 3 aromatic rings. The van der Waals surface area contributed by atoms with Crippen LogP contribution in [0, 0.1) is 6.92 Å². The van der Waals surface area contributed by atoms with E-state index in [-0.39, 0.29) is 12.5 Å². The summed E-state index contributed by atoms with van der Waals surface area (Å²) in [6.07, 6.45) is 0. The smallest absolute Gasteiger partial charge is 0.256 e. The lowest BCUT2D eigenvalue weighted by molar-refractivity contribution is 0.0948. The molecular weight excluding hydrogens is 380 g/mol. The Balaban J connectivity index is 1.57. The quantitative estimate of drug-likeness (QED) is 0.678.